The van der Waals surface area contributed by atoms with E-state index in [0.717, 1.165) is 31.2 Å². The molecule has 0 bridgehead atoms. The van der Waals surface area contributed by atoms with Crippen molar-refractivity contribution in [1.82, 2.24) is 5.32 Å². The van der Waals surface area contributed by atoms with E-state index in [9.17, 15) is 4.79 Å². The molecule has 0 spiro atoms. The Morgan fingerprint density at radius 2 is 1.74 bits per heavy atom. The van der Waals surface area contributed by atoms with Crippen LogP contribution in [0.3, 0.4) is 0 Å². The number of hydrogen-bond donors (Lipinski definition) is 2. The van der Waals surface area contributed by atoms with Crippen molar-refractivity contribution in [2.45, 2.75) is 45.6 Å². The lowest BCUT2D eigenvalue weighted by atomic mass is 9.97. The Bertz CT molecular complexity index is 358. The van der Waals surface area contributed by atoms with E-state index in [0.29, 0.717) is 6.54 Å². The summed E-state index contributed by atoms with van der Waals surface area (Å²) in [4.78, 5) is 12.1. The zero-order chi connectivity index (χ0) is 14.1. The maximum Gasteiger partial charge on any atom is 0.223 e. The number of hydrogen-bond acceptors (Lipinski definition) is 2. The van der Waals surface area contributed by atoms with Gasteiger partial charge >= 0.3 is 0 Å². The minimum atomic E-state index is -0.131. The van der Waals surface area contributed by atoms with Crippen molar-refractivity contribution in [3.63, 3.8) is 0 Å². The molecule has 3 heteroatoms. The predicted molar refractivity (Wildman–Crippen MR) is 79.7 cm³/mol. The van der Waals surface area contributed by atoms with Crippen LogP contribution in [0.15, 0.2) is 30.3 Å². The molecule has 1 amide bonds. The molecule has 1 unspecified atom stereocenters. The lowest BCUT2D eigenvalue weighted by Crippen LogP contribution is -2.36. The van der Waals surface area contributed by atoms with Crippen LogP contribution in [-0.4, -0.2) is 12.5 Å². The molecule has 0 aliphatic rings. The highest BCUT2D eigenvalue weighted by Gasteiger charge is 2.17. The number of amides is 1. The molecule has 3 N–H and O–H groups in total. The van der Waals surface area contributed by atoms with Crippen molar-refractivity contribution in [2.75, 3.05) is 6.54 Å². The van der Waals surface area contributed by atoms with E-state index in [4.69, 9.17) is 5.73 Å². The summed E-state index contributed by atoms with van der Waals surface area (Å²) >= 11 is 0. The molecule has 106 valence electrons. The fourth-order valence-corrected chi connectivity index (χ4v) is 2.28. The fraction of sp³-hybridized carbons (Fsp3) is 0.562. The fourth-order valence-electron chi connectivity index (χ4n) is 2.28. The summed E-state index contributed by atoms with van der Waals surface area (Å²) in [5.41, 5.74) is 7.14. The number of carbonyl (C=O) groups is 1. The van der Waals surface area contributed by atoms with Gasteiger partial charge in [0.25, 0.3) is 0 Å². The number of benzene rings is 1. The third-order valence-electron chi connectivity index (χ3n) is 3.37. The van der Waals surface area contributed by atoms with Crippen LogP contribution >= 0.6 is 0 Å². The molecule has 0 aromatic heterocycles. The first-order valence-electron chi connectivity index (χ1n) is 7.27. The van der Waals surface area contributed by atoms with Gasteiger partial charge < -0.3 is 11.1 Å². The van der Waals surface area contributed by atoms with Crippen molar-refractivity contribution >= 4 is 5.91 Å². The van der Waals surface area contributed by atoms with Crippen LogP contribution in [-0.2, 0) is 4.79 Å². The molecule has 1 aromatic rings. The van der Waals surface area contributed by atoms with Crippen LogP contribution in [0.5, 0.6) is 0 Å². The van der Waals surface area contributed by atoms with Crippen LogP contribution in [0.4, 0.5) is 0 Å². The molecular formula is C16H26N2O. The number of nitrogens with one attached hydrogen (secondary N) is 1. The Balaban J connectivity index is 2.44. The Labute approximate surface area is 116 Å². The van der Waals surface area contributed by atoms with Crippen LogP contribution in [0, 0.1) is 5.92 Å². The third kappa shape index (κ3) is 5.43. The smallest absolute Gasteiger partial charge is 0.223 e. The maximum atomic E-state index is 12.1. The Morgan fingerprint density at radius 3 is 2.26 bits per heavy atom. The normalized spacial score (nSPS) is 12.4. The summed E-state index contributed by atoms with van der Waals surface area (Å²) in [5.74, 6) is 0.285. The molecule has 1 aromatic carbocycles. The average Bonchev–Trinajstić information content (AvgIpc) is 2.45. The van der Waals surface area contributed by atoms with Crippen LogP contribution < -0.4 is 11.1 Å². The Kier molecular flexibility index (Phi) is 7.19. The molecule has 0 aliphatic carbocycles. The van der Waals surface area contributed by atoms with Crippen molar-refractivity contribution in [3.8, 4) is 0 Å². The van der Waals surface area contributed by atoms with Gasteiger partial charge in [-0.1, -0.05) is 57.0 Å². The number of nitrogens with two attached hydrogens (primary N) is 1. The molecule has 19 heavy (non-hydrogen) atoms. The lowest BCUT2D eigenvalue weighted by Gasteiger charge is -2.18. The molecule has 1 rings (SSSR count). The van der Waals surface area contributed by atoms with E-state index >= 15 is 0 Å². The highest BCUT2D eigenvalue weighted by molar-refractivity contribution is 5.78. The van der Waals surface area contributed by atoms with E-state index < -0.39 is 0 Å². The first-order chi connectivity index (χ1) is 9.19. The Hall–Kier alpha value is -1.35. The van der Waals surface area contributed by atoms with Gasteiger partial charge in [-0.3, -0.25) is 4.79 Å². The van der Waals surface area contributed by atoms with Gasteiger partial charge in [0.05, 0.1) is 0 Å². The molecule has 1 atom stereocenters. The molecule has 0 heterocycles. The lowest BCUT2D eigenvalue weighted by molar-refractivity contribution is -0.125. The molecule has 0 fully saturated rings. The average molecular weight is 262 g/mol. The molecular weight excluding hydrogens is 236 g/mol. The van der Waals surface area contributed by atoms with Crippen molar-refractivity contribution in [2.24, 2.45) is 11.7 Å². The summed E-state index contributed by atoms with van der Waals surface area (Å²) in [6.07, 6.45) is 4.01. The monoisotopic (exact) mass is 262 g/mol. The van der Waals surface area contributed by atoms with Crippen molar-refractivity contribution in [1.29, 1.82) is 0 Å². The van der Waals surface area contributed by atoms with Crippen LogP contribution in [0.2, 0.25) is 0 Å². The minimum absolute atomic E-state index is 0.131. The van der Waals surface area contributed by atoms with Gasteiger partial charge in [-0.15, -0.1) is 0 Å². The van der Waals surface area contributed by atoms with Gasteiger partial charge in [-0.05, 0) is 18.4 Å². The summed E-state index contributed by atoms with van der Waals surface area (Å²) in [6.45, 7) is 4.74. The summed E-state index contributed by atoms with van der Waals surface area (Å²) in [7, 11) is 0. The largest absolute Gasteiger partial charge is 0.354 e. The second-order valence-electron chi connectivity index (χ2n) is 5.04. The van der Waals surface area contributed by atoms with E-state index in [2.05, 4.69) is 19.2 Å². The highest BCUT2D eigenvalue weighted by Crippen LogP contribution is 2.14. The number of carbonyl (C=O) groups excluding carboxylic acids is 1. The van der Waals surface area contributed by atoms with Gasteiger partial charge in [0.2, 0.25) is 5.91 Å². The first kappa shape index (κ1) is 15.7. The van der Waals surface area contributed by atoms with E-state index in [1.165, 1.54) is 0 Å². The maximum absolute atomic E-state index is 12.1. The standard InChI is InChI=1S/C16H26N2O/c1-3-8-14(9-4-2)16(19)18-12-15(17)13-10-6-5-7-11-13/h5-7,10-11,14-15H,3-4,8-9,12,17H2,1-2H3,(H,18,19). The van der Waals surface area contributed by atoms with Gasteiger partial charge in [0.1, 0.15) is 0 Å². The quantitative estimate of drug-likeness (QED) is 0.756. The van der Waals surface area contributed by atoms with Crippen molar-refractivity contribution < 1.29 is 4.79 Å². The molecule has 0 saturated carbocycles. The van der Waals surface area contributed by atoms with Gasteiger partial charge in [-0.2, -0.15) is 0 Å². The minimum Gasteiger partial charge on any atom is -0.354 e. The van der Waals surface area contributed by atoms with Crippen LogP contribution in [0.25, 0.3) is 0 Å². The second-order valence-corrected chi connectivity index (χ2v) is 5.04. The zero-order valence-electron chi connectivity index (χ0n) is 12.1. The zero-order valence-corrected chi connectivity index (χ0v) is 12.1. The SMILES string of the molecule is CCCC(CCC)C(=O)NCC(N)c1ccccc1. The van der Waals surface area contributed by atoms with E-state index in [1.807, 2.05) is 30.3 Å². The topological polar surface area (TPSA) is 55.1 Å². The highest BCUT2D eigenvalue weighted by atomic mass is 16.1. The first-order valence-corrected chi connectivity index (χ1v) is 7.27. The van der Waals surface area contributed by atoms with Gasteiger partial charge in [0, 0.05) is 18.5 Å². The second kappa shape index (κ2) is 8.70. The van der Waals surface area contributed by atoms with Crippen LogP contribution in [0.1, 0.15) is 51.1 Å². The molecule has 0 radical (unpaired) electrons. The molecule has 0 saturated heterocycles. The Morgan fingerprint density at radius 1 is 1.16 bits per heavy atom. The van der Waals surface area contributed by atoms with Crippen molar-refractivity contribution in [3.05, 3.63) is 35.9 Å². The van der Waals surface area contributed by atoms with Gasteiger partial charge in [-0.25, -0.2) is 0 Å². The summed E-state index contributed by atoms with van der Waals surface area (Å²) in [5, 5.41) is 2.99. The summed E-state index contributed by atoms with van der Waals surface area (Å²) in [6, 6.07) is 9.75. The van der Waals surface area contributed by atoms with E-state index in [-0.39, 0.29) is 17.9 Å². The predicted octanol–water partition coefficient (Wildman–Crippen LogP) is 3.02. The van der Waals surface area contributed by atoms with Gasteiger partial charge in [0.15, 0.2) is 0 Å². The van der Waals surface area contributed by atoms with E-state index in [1.54, 1.807) is 0 Å². The number of rotatable bonds is 8. The third-order valence-corrected chi connectivity index (χ3v) is 3.37. The summed E-state index contributed by atoms with van der Waals surface area (Å²) < 4.78 is 0. The molecule has 0 aliphatic heterocycles. The molecule has 3 nitrogen and oxygen atoms in total.